The number of carbonyl (C=O) groups excluding carboxylic acids is 2. The molecule has 0 saturated carbocycles. The van der Waals surface area contributed by atoms with E-state index in [-0.39, 0.29) is 16.4 Å². The molecule has 0 atom stereocenters. The summed E-state index contributed by atoms with van der Waals surface area (Å²) in [7, 11) is -3.74. The summed E-state index contributed by atoms with van der Waals surface area (Å²) in [5.41, 5.74) is 0.434. The molecular weight excluding hydrogens is 462 g/mol. The maximum Gasteiger partial charge on any atom is 0.261 e. The predicted molar refractivity (Wildman–Crippen MR) is 123 cm³/mol. The number of hydrogen-bond acceptors (Lipinski definition) is 4. The van der Waals surface area contributed by atoms with Crippen molar-refractivity contribution in [2.45, 2.75) is 17.7 Å². The molecule has 0 bridgehead atoms. The third kappa shape index (κ3) is 5.14. The molecule has 176 valence electrons. The number of benzene rings is 3. The average Bonchev–Trinajstić information content (AvgIpc) is 2.85. The Kier molecular flexibility index (Phi) is 6.74. The van der Waals surface area contributed by atoms with Gasteiger partial charge in [0.05, 0.1) is 10.5 Å². The van der Waals surface area contributed by atoms with E-state index < -0.39 is 33.4 Å². The van der Waals surface area contributed by atoms with Crippen LogP contribution in [0.3, 0.4) is 0 Å². The largest absolute Gasteiger partial charge is 0.339 e. The zero-order valence-corrected chi connectivity index (χ0v) is 18.9. The van der Waals surface area contributed by atoms with Crippen LogP contribution >= 0.6 is 0 Å². The highest BCUT2D eigenvalue weighted by Crippen LogP contribution is 2.25. The van der Waals surface area contributed by atoms with Crippen LogP contribution in [-0.2, 0) is 10.0 Å². The highest BCUT2D eigenvalue weighted by molar-refractivity contribution is 7.92. The first-order valence-corrected chi connectivity index (χ1v) is 12.2. The molecule has 1 N–H and O–H groups in total. The van der Waals surface area contributed by atoms with Gasteiger partial charge in [-0.15, -0.1) is 0 Å². The third-order valence-electron chi connectivity index (χ3n) is 5.78. The molecule has 3 aromatic rings. The number of hydrogen-bond donors (Lipinski definition) is 1. The molecule has 3 aromatic carbocycles. The molecule has 0 unspecified atom stereocenters. The van der Waals surface area contributed by atoms with Gasteiger partial charge >= 0.3 is 0 Å². The summed E-state index contributed by atoms with van der Waals surface area (Å²) in [6.45, 7) is 0.600. The van der Waals surface area contributed by atoms with E-state index in [1.54, 1.807) is 23.1 Å². The summed E-state index contributed by atoms with van der Waals surface area (Å²) in [6, 6.07) is 16.8. The van der Waals surface area contributed by atoms with E-state index in [4.69, 9.17) is 0 Å². The fraction of sp³-hybridized carbons (Fsp3) is 0.200. The minimum atomic E-state index is -3.74. The van der Waals surface area contributed by atoms with Crippen LogP contribution in [0.5, 0.6) is 0 Å². The maximum absolute atomic E-state index is 13.9. The second-order valence-electron chi connectivity index (χ2n) is 8.05. The van der Waals surface area contributed by atoms with Crippen molar-refractivity contribution < 1.29 is 26.8 Å². The summed E-state index contributed by atoms with van der Waals surface area (Å²) >= 11 is 0. The van der Waals surface area contributed by atoms with Gasteiger partial charge in [0.25, 0.3) is 15.9 Å². The third-order valence-corrected chi connectivity index (χ3v) is 7.18. The Morgan fingerprint density at radius 2 is 1.53 bits per heavy atom. The Labute approximate surface area is 196 Å². The smallest absolute Gasteiger partial charge is 0.261 e. The minimum absolute atomic E-state index is 0.130. The number of rotatable bonds is 6. The van der Waals surface area contributed by atoms with E-state index in [0.29, 0.717) is 37.2 Å². The summed E-state index contributed by atoms with van der Waals surface area (Å²) in [5, 5.41) is 0. The SMILES string of the molecule is O=C(c1cc(F)ccc1F)C1CCN(C(=O)c2ccc(NS(=O)(=O)c3ccccc3)cc2)CC1. The molecule has 1 aliphatic heterocycles. The average molecular weight is 485 g/mol. The number of halogens is 2. The molecule has 34 heavy (non-hydrogen) atoms. The number of nitrogens with one attached hydrogen (secondary N) is 1. The molecule has 6 nitrogen and oxygen atoms in total. The number of ketones is 1. The molecule has 0 aliphatic carbocycles. The van der Waals surface area contributed by atoms with Crippen molar-refractivity contribution in [3.63, 3.8) is 0 Å². The normalized spacial score (nSPS) is 14.6. The number of amides is 1. The lowest BCUT2D eigenvalue weighted by Crippen LogP contribution is -2.40. The molecule has 0 radical (unpaired) electrons. The number of nitrogens with zero attached hydrogens (tertiary/aromatic N) is 1. The van der Waals surface area contributed by atoms with Crippen molar-refractivity contribution in [3.8, 4) is 0 Å². The fourth-order valence-corrected chi connectivity index (χ4v) is 5.01. The molecular formula is C25H22F2N2O4S. The van der Waals surface area contributed by atoms with E-state index in [0.717, 1.165) is 18.2 Å². The second-order valence-corrected chi connectivity index (χ2v) is 9.73. The fourth-order valence-electron chi connectivity index (χ4n) is 3.93. The number of sulfonamides is 1. The Bertz CT molecular complexity index is 1300. The molecule has 1 fully saturated rings. The van der Waals surface area contributed by atoms with Gasteiger partial charge in [-0.1, -0.05) is 18.2 Å². The van der Waals surface area contributed by atoms with Crippen LogP contribution < -0.4 is 4.72 Å². The van der Waals surface area contributed by atoms with E-state index in [1.807, 2.05) is 0 Å². The molecule has 1 aliphatic rings. The van der Waals surface area contributed by atoms with Gasteiger partial charge < -0.3 is 4.90 Å². The Morgan fingerprint density at radius 1 is 0.882 bits per heavy atom. The second kappa shape index (κ2) is 9.72. The number of piperidine rings is 1. The van der Waals surface area contributed by atoms with Crippen LogP contribution in [0.25, 0.3) is 0 Å². The van der Waals surface area contributed by atoms with Gasteiger partial charge in [0.15, 0.2) is 5.78 Å². The van der Waals surface area contributed by atoms with E-state index in [9.17, 15) is 26.8 Å². The first kappa shape index (κ1) is 23.6. The molecule has 4 rings (SSSR count). The van der Waals surface area contributed by atoms with Gasteiger partial charge in [0.1, 0.15) is 11.6 Å². The van der Waals surface area contributed by atoms with E-state index in [1.165, 1.54) is 36.4 Å². The predicted octanol–water partition coefficient (Wildman–Crippen LogP) is 4.50. The molecule has 1 saturated heterocycles. The molecule has 1 amide bonds. The molecule has 0 spiro atoms. The lowest BCUT2D eigenvalue weighted by molar-refractivity contribution is 0.0649. The van der Waals surface area contributed by atoms with Gasteiger partial charge in [-0.2, -0.15) is 0 Å². The zero-order valence-electron chi connectivity index (χ0n) is 18.1. The number of likely N-dealkylation sites (tertiary alicyclic amines) is 1. The van der Waals surface area contributed by atoms with Crippen LogP contribution in [0.15, 0.2) is 77.7 Å². The van der Waals surface area contributed by atoms with Gasteiger partial charge in [-0.3, -0.25) is 14.3 Å². The minimum Gasteiger partial charge on any atom is -0.339 e. The lowest BCUT2D eigenvalue weighted by atomic mass is 9.88. The highest BCUT2D eigenvalue weighted by Gasteiger charge is 2.30. The summed E-state index contributed by atoms with van der Waals surface area (Å²) in [6.07, 6.45) is 0.685. The van der Waals surface area contributed by atoms with Gasteiger partial charge in [-0.25, -0.2) is 17.2 Å². The van der Waals surface area contributed by atoms with Gasteiger partial charge in [0, 0.05) is 30.3 Å². The van der Waals surface area contributed by atoms with Crippen LogP contribution in [0, 0.1) is 17.6 Å². The van der Waals surface area contributed by atoms with Crippen molar-refractivity contribution in [2.24, 2.45) is 5.92 Å². The summed E-state index contributed by atoms with van der Waals surface area (Å²) in [5.74, 6) is -2.63. The van der Waals surface area contributed by atoms with Crippen LogP contribution in [0.4, 0.5) is 14.5 Å². The van der Waals surface area contributed by atoms with Crippen LogP contribution in [0.2, 0.25) is 0 Å². The monoisotopic (exact) mass is 484 g/mol. The van der Waals surface area contributed by atoms with Crippen molar-refractivity contribution in [1.82, 2.24) is 4.90 Å². The van der Waals surface area contributed by atoms with Gasteiger partial charge in [0.2, 0.25) is 0 Å². The van der Waals surface area contributed by atoms with Gasteiger partial charge in [-0.05, 0) is 67.4 Å². The number of Topliss-reactive ketones (excluding diaryl/α,β-unsaturated/α-hetero) is 1. The van der Waals surface area contributed by atoms with Crippen molar-refractivity contribution in [1.29, 1.82) is 0 Å². The summed E-state index contributed by atoms with van der Waals surface area (Å²) in [4.78, 5) is 27.2. The lowest BCUT2D eigenvalue weighted by Gasteiger charge is -2.31. The zero-order chi connectivity index (χ0) is 24.3. The van der Waals surface area contributed by atoms with Crippen molar-refractivity contribution in [3.05, 3.63) is 95.6 Å². The van der Waals surface area contributed by atoms with Crippen LogP contribution in [-0.4, -0.2) is 38.1 Å². The quantitative estimate of drug-likeness (QED) is 0.522. The molecule has 9 heteroatoms. The first-order chi connectivity index (χ1) is 16.2. The Hall–Kier alpha value is -3.59. The van der Waals surface area contributed by atoms with Crippen LogP contribution in [0.1, 0.15) is 33.6 Å². The van der Waals surface area contributed by atoms with E-state index in [2.05, 4.69) is 4.72 Å². The molecule has 1 heterocycles. The highest BCUT2D eigenvalue weighted by atomic mass is 32.2. The number of anilines is 1. The van der Waals surface area contributed by atoms with E-state index >= 15 is 0 Å². The first-order valence-electron chi connectivity index (χ1n) is 10.7. The van der Waals surface area contributed by atoms with Crippen molar-refractivity contribution in [2.75, 3.05) is 17.8 Å². The maximum atomic E-state index is 13.9. The van der Waals surface area contributed by atoms with Crippen molar-refractivity contribution >= 4 is 27.4 Å². The molecule has 0 aromatic heterocycles. The summed E-state index contributed by atoms with van der Waals surface area (Å²) < 4.78 is 54.7. The Morgan fingerprint density at radius 3 is 2.18 bits per heavy atom. The number of carbonyl (C=O) groups is 2. The topological polar surface area (TPSA) is 83.6 Å². The standard InChI is InChI=1S/C25H22F2N2O4S/c26-19-8-11-23(27)22(16-19)24(30)17-12-14-29(15-13-17)25(31)18-6-9-20(10-7-18)28-34(32,33)21-4-2-1-3-5-21/h1-11,16-17,28H,12-15H2. The Balaban J connectivity index is 1.37.